The fourth-order valence-corrected chi connectivity index (χ4v) is 2.46. The van der Waals surface area contributed by atoms with Crippen LogP contribution in [0.1, 0.15) is 17.4 Å². The van der Waals surface area contributed by atoms with E-state index in [-0.39, 0.29) is 11.9 Å². The highest BCUT2D eigenvalue weighted by Crippen LogP contribution is 2.18. The van der Waals surface area contributed by atoms with E-state index in [1.165, 1.54) is 10.4 Å². The Hall–Kier alpha value is -0.870. The van der Waals surface area contributed by atoms with Crippen LogP contribution < -0.4 is 0 Å². The average Bonchev–Trinajstić information content (AvgIpc) is 2.62. The molecule has 0 spiro atoms. The molecule has 1 atom stereocenters. The van der Waals surface area contributed by atoms with Crippen molar-refractivity contribution in [3.05, 3.63) is 21.9 Å². The molecule has 0 radical (unpaired) electrons. The molecule has 0 fully saturated rings. The second kappa shape index (κ2) is 5.46. The zero-order valence-electron chi connectivity index (χ0n) is 10.7. The van der Waals surface area contributed by atoms with Gasteiger partial charge in [-0.2, -0.15) is 0 Å². The number of carbonyl (C=O) groups excluding carboxylic acids is 1. The van der Waals surface area contributed by atoms with E-state index in [4.69, 9.17) is 0 Å². The maximum atomic E-state index is 11.8. The van der Waals surface area contributed by atoms with Crippen LogP contribution in [0.4, 0.5) is 0 Å². The SMILES string of the molecule is Cc1ccsc1CN(C)C(C)C(=O)N(C)C. The van der Waals surface area contributed by atoms with Gasteiger partial charge in [0.25, 0.3) is 0 Å². The van der Waals surface area contributed by atoms with Gasteiger partial charge in [0.15, 0.2) is 0 Å². The first-order valence-corrected chi connectivity index (χ1v) is 6.25. The largest absolute Gasteiger partial charge is 0.347 e. The number of likely N-dealkylation sites (N-methyl/N-ethyl adjacent to an activating group) is 2. The van der Waals surface area contributed by atoms with Gasteiger partial charge in [0.1, 0.15) is 0 Å². The first-order chi connectivity index (χ1) is 7.43. The normalized spacial score (nSPS) is 12.9. The number of rotatable bonds is 4. The summed E-state index contributed by atoms with van der Waals surface area (Å²) in [5.74, 6) is 0.150. The minimum atomic E-state index is -0.0727. The monoisotopic (exact) mass is 240 g/mol. The molecule has 1 unspecified atom stereocenters. The van der Waals surface area contributed by atoms with Crippen LogP contribution in [0, 0.1) is 6.92 Å². The third kappa shape index (κ3) is 3.06. The van der Waals surface area contributed by atoms with Gasteiger partial charge in [0, 0.05) is 25.5 Å². The maximum Gasteiger partial charge on any atom is 0.239 e. The molecule has 90 valence electrons. The quantitative estimate of drug-likeness (QED) is 0.803. The van der Waals surface area contributed by atoms with Gasteiger partial charge < -0.3 is 4.90 Å². The Kier molecular flexibility index (Phi) is 4.50. The van der Waals surface area contributed by atoms with Crippen molar-refractivity contribution in [3.63, 3.8) is 0 Å². The Balaban J connectivity index is 2.62. The van der Waals surface area contributed by atoms with Gasteiger partial charge >= 0.3 is 0 Å². The summed E-state index contributed by atoms with van der Waals surface area (Å²) in [7, 11) is 5.58. The lowest BCUT2D eigenvalue weighted by Gasteiger charge is -2.26. The molecule has 0 saturated carbocycles. The van der Waals surface area contributed by atoms with Crippen molar-refractivity contribution in [3.8, 4) is 0 Å². The highest BCUT2D eigenvalue weighted by Gasteiger charge is 2.20. The Morgan fingerprint density at radius 2 is 2.06 bits per heavy atom. The average molecular weight is 240 g/mol. The van der Waals surface area contributed by atoms with Gasteiger partial charge in [-0.05, 0) is 37.9 Å². The minimum absolute atomic E-state index is 0.0727. The van der Waals surface area contributed by atoms with E-state index in [0.29, 0.717) is 0 Å². The molecular weight excluding hydrogens is 220 g/mol. The van der Waals surface area contributed by atoms with E-state index >= 15 is 0 Å². The van der Waals surface area contributed by atoms with E-state index in [1.807, 2.05) is 14.0 Å². The predicted octanol–water partition coefficient (Wildman–Crippen LogP) is 1.97. The van der Waals surface area contributed by atoms with E-state index in [0.717, 1.165) is 6.54 Å². The topological polar surface area (TPSA) is 23.6 Å². The Labute approximate surface area is 102 Å². The molecule has 1 aromatic heterocycles. The Morgan fingerprint density at radius 1 is 1.44 bits per heavy atom. The number of hydrogen-bond donors (Lipinski definition) is 0. The summed E-state index contributed by atoms with van der Waals surface area (Å²) in [5, 5.41) is 2.09. The van der Waals surface area contributed by atoms with Crippen LogP contribution in [0.15, 0.2) is 11.4 Å². The summed E-state index contributed by atoms with van der Waals surface area (Å²) in [5.41, 5.74) is 1.31. The predicted molar refractivity (Wildman–Crippen MR) is 68.7 cm³/mol. The number of carbonyl (C=O) groups is 1. The van der Waals surface area contributed by atoms with Crippen molar-refractivity contribution in [2.75, 3.05) is 21.1 Å². The summed E-state index contributed by atoms with van der Waals surface area (Å²) >= 11 is 1.75. The highest BCUT2D eigenvalue weighted by atomic mass is 32.1. The fourth-order valence-electron chi connectivity index (χ4n) is 1.49. The molecule has 0 aliphatic carbocycles. The van der Waals surface area contributed by atoms with Crippen molar-refractivity contribution in [1.82, 2.24) is 9.80 Å². The molecule has 0 aliphatic rings. The van der Waals surface area contributed by atoms with Gasteiger partial charge in [-0.25, -0.2) is 0 Å². The van der Waals surface area contributed by atoms with Crippen molar-refractivity contribution < 1.29 is 4.79 Å². The molecule has 1 amide bonds. The van der Waals surface area contributed by atoms with Gasteiger partial charge in [-0.3, -0.25) is 9.69 Å². The summed E-state index contributed by atoms with van der Waals surface area (Å²) in [6.45, 7) is 4.90. The Bertz CT molecular complexity index is 360. The van der Waals surface area contributed by atoms with E-state index in [9.17, 15) is 4.79 Å². The summed E-state index contributed by atoms with van der Waals surface area (Å²) in [4.78, 5) is 16.8. The van der Waals surface area contributed by atoms with Crippen molar-refractivity contribution in [2.45, 2.75) is 26.4 Å². The Morgan fingerprint density at radius 3 is 2.50 bits per heavy atom. The van der Waals surface area contributed by atoms with Gasteiger partial charge in [0.05, 0.1) is 6.04 Å². The molecule has 1 heterocycles. The lowest BCUT2D eigenvalue weighted by molar-refractivity contribution is -0.133. The summed E-state index contributed by atoms with van der Waals surface area (Å²) in [6, 6.07) is 2.04. The number of hydrogen-bond acceptors (Lipinski definition) is 3. The lowest BCUT2D eigenvalue weighted by Crippen LogP contribution is -2.42. The zero-order chi connectivity index (χ0) is 12.3. The van der Waals surface area contributed by atoms with Crippen molar-refractivity contribution in [2.24, 2.45) is 0 Å². The maximum absolute atomic E-state index is 11.8. The molecule has 0 aliphatic heterocycles. The number of thiophene rings is 1. The zero-order valence-corrected chi connectivity index (χ0v) is 11.5. The molecular formula is C12H20N2OS. The van der Waals surface area contributed by atoms with E-state index < -0.39 is 0 Å². The van der Waals surface area contributed by atoms with Crippen LogP contribution in [0.5, 0.6) is 0 Å². The third-order valence-electron chi connectivity index (χ3n) is 2.82. The standard InChI is InChI=1S/C12H20N2OS/c1-9-6-7-16-11(9)8-14(5)10(2)12(15)13(3)4/h6-7,10H,8H2,1-5H3. The van der Waals surface area contributed by atoms with Crippen LogP contribution in [0.25, 0.3) is 0 Å². The lowest BCUT2D eigenvalue weighted by atomic mass is 10.2. The highest BCUT2D eigenvalue weighted by molar-refractivity contribution is 7.10. The van der Waals surface area contributed by atoms with Gasteiger partial charge in [0.2, 0.25) is 5.91 Å². The van der Waals surface area contributed by atoms with Crippen LogP contribution in [0.3, 0.4) is 0 Å². The molecule has 0 N–H and O–H groups in total. The first-order valence-electron chi connectivity index (χ1n) is 5.38. The fraction of sp³-hybridized carbons (Fsp3) is 0.583. The molecule has 3 nitrogen and oxygen atoms in total. The molecule has 16 heavy (non-hydrogen) atoms. The smallest absolute Gasteiger partial charge is 0.239 e. The van der Waals surface area contributed by atoms with Gasteiger partial charge in [-0.15, -0.1) is 11.3 Å². The molecule has 1 aromatic rings. The second-order valence-corrected chi connectivity index (χ2v) is 5.35. The second-order valence-electron chi connectivity index (χ2n) is 4.35. The summed E-state index contributed by atoms with van der Waals surface area (Å²) in [6.07, 6.45) is 0. The van der Waals surface area contributed by atoms with Crippen molar-refractivity contribution >= 4 is 17.2 Å². The van der Waals surface area contributed by atoms with Crippen LogP contribution in [-0.2, 0) is 11.3 Å². The molecule has 0 aromatic carbocycles. The van der Waals surface area contributed by atoms with Crippen LogP contribution in [0.2, 0.25) is 0 Å². The molecule has 0 bridgehead atoms. The third-order valence-corrected chi connectivity index (χ3v) is 3.83. The molecule has 4 heteroatoms. The van der Waals surface area contributed by atoms with Crippen LogP contribution in [-0.4, -0.2) is 42.9 Å². The van der Waals surface area contributed by atoms with Crippen LogP contribution >= 0.6 is 11.3 Å². The van der Waals surface area contributed by atoms with E-state index in [1.54, 1.807) is 30.3 Å². The van der Waals surface area contributed by atoms with Gasteiger partial charge in [-0.1, -0.05) is 0 Å². The first kappa shape index (κ1) is 13.2. The number of aryl methyl sites for hydroxylation is 1. The molecule has 0 saturated heterocycles. The number of nitrogens with zero attached hydrogens (tertiary/aromatic N) is 2. The summed E-state index contributed by atoms with van der Waals surface area (Å²) < 4.78 is 0. The van der Waals surface area contributed by atoms with E-state index in [2.05, 4.69) is 23.3 Å². The van der Waals surface area contributed by atoms with Crippen molar-refractivity contribution in [1.29, 1.82) is 0 Å². The minimum Gasteiger partial charge on any atom is -0.347 e. The molecule has 1 rings (SSSR count). The number of amides is 1.